The van der Waals surface area contributed by atoms with Crippen LogP contribution in [0.25, 0.3) is 0 Å². The molecule has 0 N–H and O–H groups in total. The number of rotatable bonds is 4. The van der Waals surface area contributed by atoms with Crippen LogP contribution in [0, 0.1) is 0 Å². The molecule has 5 nitrogen and oxygen atoms in total. The van der Waals surface area contributed by atoms with Gasteiger partial charge in [0.05, 0.1) is 19.9 Å². The Labute approximate surface area is 100 Å². The second-order valence-electron chi connectivity index (χ2n) is 3.95. The summed E-state index contributed by atoms with van der Waals surface area (Å²) in [6.45, 7) is 3.29. The SMILES string of the molecule is COC(=O)C(C)(C)N=Nc1ccc(OC)cc1. The molecule has 0 heterocycles. The fourth-order valence-electron chi connectivity index (χ4n) is 1.12. The fraction of sp³-hybridized carbons (Fsp3) is 0.417. The predicted octanol–water partition coefficient (Wildman–Crippen LogP) is 2.73. The van der Waals surface area contributed by atoms with Crippen molar-refractivity contribution in [1.82, 2.24) is 0 Å². The summed E-state index contributed by atoms with van der Waals surface area (Å²) in [7, 11) is 2.92. The Morgan fingerprint density at radius 1 is 1.18 bits per heavy atom. The fourth-order valence-corrected chi connectivity index (χ4v) is 1.12. The highest BCUT2D eigenvalue weighted by Gasteiger charge is 2.28. The van der Waals surface area contributed by atoms with Gasteiger partial charge in [0.25, 0.3) is 0 Å². The van der Waals surface area contributed by atoms with Gasteiger partial charge in [-0.25, -0.2) is 4.79 Å². The summed E-state index contributed by atoms with van der Waals surface area (Å²) in [6.07, 6.45) is 0. The van der Waals surface area contributed by atoms with E-state index in [0.29, 0.717) is 5.69 Å². The number of ether oxygens (including phenoxy) is 2. The number of carbonyl (C=O) groups is 1. The number of benzene rings is 1. The monoisotopic (exact) mass is 236 g/mol. The molecule has 0 fully saturated rings. The Morgan fingerprint density at radius 2 is 1.76 bits per heavy atom. The normalized spacial score (nSPS) is 11.5. The van der Waals surface area contributed by atoms with Crippen LogP contribution in [0.4, 0.5) is 5.69 Å². The zero-order chi connectivity index (χ0) is 12.9. The van der Waals surface area contributed by atoms with Gasteiger partial charge in [0.1, 0.15) is 5.75 Å². The van der Waals surface area contributed by atoms with Crippen molar-refractivity contribution in [3.8, 4) is 5.75 Å². The van der Waals surface area contributed by atoms with Gasteiger partial charge < -0.3 is 9.47 Å². The van der Waals surface area contributed by atoms with E-state index in [9.17, 15) is 4.79 Å². The van der Waals surface area contributed by atoms with E-state index in [1.54, 1.807) is 45.2 Å². The van der Waals surface area contributed by atoms with Crippen LogP contribution in [-0.4, -0.2) is 25.7 Å². The standard InChI is InChI=1S/C12H16N2O3/c1-12(2,11(15)17-4)14-13-9-5-7-10(16-3)8-6-9/h5-8H,1-4H3. The van der Waals surface area contributed by atoms with Crippen LogP contribution in [0.3, 0.4) is 0 Å². The molecule has 0 bridgehead atoms. The summed E-state index contributed by atoms with van der Waals surface area (Å²) in [6, 6.07) is 7.07. The van der Waals surface area contributed by atoms with Crippen LogP contribution in [-0.2, 0) is 9.53 Å². The molecule has 1 aromatic carbocycles. The van der Waals surface area contributed by atoms with E-state index in [1.807, 2.05) is 0 Å². The van der Waals surface area contributed by atoms with Gasteiger partial charge in [0.2, 0.25) is 0 Å². The summed E-state index contributed by atoms with van der Waals surface area (Å²) < 4.78 is 9.65. The molecule has 0 aliphatic heterocycles. The number of hydrogen-bond donors (Lipinski definition) is 0. The van der Waals surface area contributed by atoms with E-state index in [0.717, 1.165) is 5.75 Å². The van der Waals surface area contributed by atoms with E-state index in [-0.39, 0.29) is 0 Å². The zero-order valence-corrected chi connectivity index (χ0v) is 10.4. The first-order chi connectivity index (χ1) is 7.99. The lowest BCUT2D eigenvalue weighted by molar-refractivity contribution is -0.145. The largest absolute Gasteiger partial charge is 0.497 e. The Bertz CT molecular complexity index is 410. The van der Waals surface area contributed by atoms with Gasteiger partial charge in [0, 0.05) is 0 Å². The molecule has 0 aromatic heterocycles. The molecule has 0 radical (unpaired) electrons. The van der Waals surface area contributed by atoms with Crippen molar-refractivity contribution in [2.45, 2.75) is 19.4 Å². The molecule has 0 spiro atoms. The average Bonchev–Trinajstić information content (AvgIpc) is 2.36. The van der Waals surface area contributed by atoms with Gasteiger partial charge >= 0.3 is 5.97 Å². The molecule has 1 rings (SSSR count). The van der Waals surface area contributed by atoms with Crippen LogP contribution in [0.1, 0.15) is 13.8 Å². The highest BCUT2D eigenvalue weighted by molar-refractivity contribution is 5.79. The summed E-state index contributed by atoms with van der Waals surface area (Å²) >= 11 is 0. The Hall–Kier alpha value is -1.91. The second-order valence-corrected chi connectivity index (χ2v) is 3.95. The smallest absolute Gasteiger partial charge is 0.335 e. The number of methoxy groups -OCH3 is 2. The number of nitrogens with zero attached hydrogens (tertiary/aromatic N) is 2. The van der Waals surface area contributed by atoms with Gasteiger partial charge in [-0.3, -0.25) is 0 Å². The Kier molecular flexibility index (Phi) is 4.20. The average molecular weight is 236 g/mol. The highest BCUT2D eigenvalue weighted by atomic mass is 16.5. The van der Waals surface area contributed by atoms with Crippen LogP contribution in [0.2, 0.25) is 0 Å². The zero-order valence-electron chi connectivity index (χ0n) is 10.4. The van der Waals surface area contributed by atoms with Crippen LogP contribution in [0.5, 0.6) is 5.75 Å². The Morgan fingerprint density at radius 3 is 2.24 bits per heavy atom. The molecule has 0 saturated heterocycles. The molecule has 17 heavy (non-hydrogen) atoms. The van der Waals surface area contributed by atoms with Gasteiger partial charge in [-0.05, 0) is 38.1 Å². The first kappa shape index (κ1) is 13.2. The van der Waals surface area contributed by atoms with E-state index >= 15 is 0 Å². The van der Waals surface area contributed by atoms with E-state index in [4.69, 9.17) is 4.74 Å². The molecule has 0 atom stereocenters. The van der Waals surface area contributed by atoms with Crippen LogP contribution >= 0.6 is 0 Å². The van der Waals surface area contributed by atoms with Crippen molar-refractivity contribution in [2.24, 2.45) is 10.2 Å². The molecule has 0 unspecified atom stereocenters. The lowest BCUT2D eigenvalue weighted by Crippen LogP contribution is -2.30. The minimum absolute atomic E-state index is 0.422. The van der Waals surface area contributed by atoms with Gasteiger partial charge in [-0.15, -0.1) is 0 Å². The van der Waals surface area contributed by atoms with Crippen molar-refractivity contribution in [1.29, 1.82) is 0 Å². The van der Waals surface area contributed by atoms with E-state index in [2.05, 4.69) is 15.0 Å². The maximum absolute atomic E-state index is 11.4. The van der Waals surface area contributed by atoms with Crippen molar-refractivity contribution in [3.05, 3.63) is 24.3 Å². The molecule has 0 amide bonds. The summed E-state index contributed by atoms with van der Waals surface area (Å²) in [5, 5.41) is 7.95. The van der Waals surface area contributed by atoms with Crippen molar-refractivity contribution in [2.75, 3.05) is 14.2 Å². The van der Waals surface area contributed by atoms with Crippen LogP contribution in [0.15, 0.2) is 34.5 Å². The van der Waals surface area contributed by atoms with Crippen LogP contribution < -0.4 is 4.74 Å². The molecule has 92 valence electrons. The van der Waals surface area contributed by atoms with Gasteiger partial charge in [-0.2, -0.15) is 10.2 Å². The molecule has 0 aliphatic rings. The first-order valence-corrected chi connectivity index (χ1v) is 5.15. The molecule has 0 aliphatic carbocycles. The maximum Gasteiger partial charge on any atom is 0.335 e. The number of hydrogen-bond acceptors (Lipinski definition) is 5. The van der Waals surface area contributed by atoms with Crippen molar-refractivity contribution in [3.63, 3.8) is 0 Å². The quantitative estimate of drug-likeness (QED) is 0.596. The lowest BCUT2D eigenvalue weighted by atomic mass is 10.1. The number of azo groups is 1. The van der Waals surface area contributed by atoms with E-state index in [1.165, 1.54) is 7.11 Å². The Balaban J connectivity index is 2.79. The second kappa shape index (κ2) is 5.43. The summed E-state index contributed by atoms with van der Waals surface area (Å²) in [5.41, 5.74) is -0.322. The van der Waals surface area contributed by atoms with Gasteiger partial charge in [0.15, 0.2) is 5.54 Å². The van der Waals surface area contributed by atoms with Crippen molar-refractivity contribution < 1.29 is 14.3 Å². The topological polar surface area (TPSA) is 60.2 Å². The molecule has 5 heteroatoms. The molecule has 1 aromatic rings. The third kappa shape index (κ3) is 3.55. The minimum atomic E-state index is -0.978. The third-order valence-corrected chi connectivity index (χ3v) is 2.17. The molecule has 0 saturated carbocycles. The third-order valence-electron chi connectivity index (χ3n) is 2.17. The maximum atomic E-state index is 11.4. The highest BCUT2D eigenvalue weighted by Crippen LogP contribution is 2.20. The van der Waals surface area contributed by atoms with Crippen molar-refractivity contribution >= 4 is 11.7 Å². The summed E-state index contributed by atoms with van der Waals surface area (Å²) in [4.78, 5) is 11.4. The number of carbonyl (C=O) groups excluding carboxylic acids is 1. The molecular formula is C12H16N2O3. The predicted molar refractivity (Wildman–Crippen MR) is 63.6 cm³/mol. The van der Waals surface area contributed by atoms with Gasteiger partial charge in [-0.1, -0.05) is 0 Å². The lowest BCUT2D eigenvalue weighted by Gasteiger charge is -2.14. The number of esters is 1. The summed E-state index contributed by atoms with van der Waals surface area (Å²) in [5.74, 6) is 0.325. The minimum Gasteiger partial charge on any atom is -0.497 e. The first-order valence-electron chi connectivity index (χ1n) is 5.15. The molecular weight excluding hydrogens is 220 g/mol. The van der Waals surface area contributed by atoms with E-state index < -0.39 is 11.5 Å².